The van der Waals surface area contributed by atoms with Crippen LogP contribution in [0, 0.1) is 0 Å². The van der Waals surface area contributed by atoms with Crippen molar-refractivity contribution < 1.29 is 4.48 Å². The van der Waals surface area contributed by atoms with E-state index in [4.69, 9.17) is 0 Å². The molecule has 0 N–H and O–H groups in total. The van der Waals surface area contributed by atoms with E-state index in [0.717, 1.165) is 0 Å². The van der Waals surface area contributed by atoms with Gasteiger partial charge in [0, 0.05) is 0 Å². The molecular formula is C18H42NSi+. The summed E-state index contributed by atoms with van der Waals surface area (Å²) in [6, 6.07) is 0. The Morgan fingerprint density at radius 2 is 0.950 bits per heavy atom. The van der Waals surface area contributed by atoms with E-state index in [0.29, 0.717) is 0 Å². The molecule has 0 rings (SSSR count). The van der Waals surface area contributed by atoms with Crippen molar-refractivity contribution in [3.63, 3.8) is 0 Å². The highest BCUT2D eigenvalue weighted by Gasteiger charge is 2.09. The maximum atomic E-state index is 2.38. The van der Waals surface area contributed by atoms with Crippen LogP contribution < -0.4 is 0 Å². The second-order valence-corrected chi connectivity index (χ2v) is 7.85. The molecule has 0 aliphatic carbocycles. The molecular weight excluding hydrogens is 258 g/mol. The monoisotopic (exact) mass is 300 g/mol. The predicted molar refractivity (Wildman–Crippen MR) is 97.5 cm³/mol. The molecule has 0 radical (unpaired) electrons. The molecule has 0 spiro atoms. The summed E-state index contributed by atoms with van der Waals surface area (Å²) >= 11 is 0. The fraction of sp³-hybridized carbons (Fsp3) is 1.00. The average molecular weight is 301 g/mol. The standard InChI is InChI=1S/C18H42NSi/c1-4-5-6-7-8-9-10-11-12-13-14-15-16-17-19(2,3)18-20/h4-18H2,1-3,20H3/q+1. The Morgan fingerprint density at radius 1 is 0.600 bits per heavy atom. The fourth-order valence-electron chi connectivity index (χ4n) is 2.72. The maximum absolute atomic E-state index is 2.38. The van der Waals surface area contributed by atoms with E-state index < -0.39 is 0 Å². The van der Waals surface area contributed by atoms with Gasteiger partial charge in [0.15, 0.2) is 0 Å². The first-order chi connectivity index (χ1) is 9.62. The minimum absolute atomic E-state index is 1.25. The molecule has 0 fully saturated rings. The summed E-state index contributed by atoms with van der Waals surface area (Å²) in [4.78, 5) is 0. The predicted octanol–water partition coefficient (Wildman–Crippen LogP) is 4.48. The van der Waals surface area contributed by atoms with Crippen LogP contribution in [0.1, 0.15) is 90.4 Å². The van der Waals surface area contributed by atoms with Crippen LogP contribution in [-0.2, 0) is 0 Å². The Hall–Kier alpha value is 0.177. The summed E-state index contributed by atoms with van der Waals surface area (Å²) in [6.07, 6.45) is 20.4. The Labute approximate surface area is 132 Å². The highest BCUT2D eigenvalue weighted by Crippen LogP contribution is 2.12. The van der Waals surface area contributed by atoms with E-state index in [1.165, 1.54) is 111 Å². The number of unbranched alkanes of at least 4 members (excludes halogenated alkanes) is 12. The van der Waals surface area contributed by atoms with E-state index in [1.807, 2.05) is 0 Å². The minimum Gasteiger partial charge on any atom is -0.333 e. The van der Waals surface area contributed by atoms with Crippen molar-refractivity contribution in [3.8, 4) is 0 Å². The fourth-order valence-corrected chi connectivity index (χ4v) is 3.03. The van der Waals surface area contributed by atoms with E-state index in [-0.39, 0.29) is 0 Å². The molecule has 0 atom stereocenters. The molecule has 0 aliphatic rings. The number of hydrogen-bond donors (Lipinski definition) is 0. The van der Waals surface area contributed by atoms with Gasteiger partial charge in [0.25, 0.3) is 0 Å². The van der Waals surface area contributed by atoms with Crippen LogP contribution in [0.5, 0.6) is 0 Å². The number of hydrogen-bond acceptors (Lipinski definition) is 0. The lowest BCUT2D eigenvalue weighted by molar-refractivity contribution is -0.879. The van der Waals surface area contributed by atoms with Crippen LogP contribution in [0.2, 0.25) is 0 Å². The summed E-state index contributed by atoms with van der Waals surface area (Å²) in [7, 11) is 6.11. The number of rotatable bonds is 15. The van der Waals surface area contributed by atoms with Gasteiger partial charge in [-0.2, -0.15) is 0 Å². The lowest BCUT2D eigenvalue weighted by atomic mass is 10.0. The van der Waals surface area contributed by atoms with Crippen molar-refractivity contribution >= 4 is 10.2 Å². The third-order valence-corrected chi connectivity index (χ3v) is 6.44. The van der Waals surface area contributed by atoms with Gasteiger partial charge in [0.1, 0.15) is 0 Å². The number of quaternary nitrogens is 1. The average Bonchev–Trinajstić information content (AvgIpc) is 2.44. The van der Waals surface area contributed by atoms with Gasteiger partial charge in [-0.05, 0) is 12.8 Å². The van der Waals surface area contributed by atoms with Crippen molar-refractivity contribution in [1.82, 2.24) is 0 Å². The van der Waals surface area contributed by atoms with E-state index in [1.54, 1.807) is 0 Å². The van der Waals surface area contributed by atoms with Crippen LogP contribution in [0.4, 0.5) is 0 Å². The lowest BCUT2D eigenvalue weighted by Crippen LogP contribution is -2.41. The first-order valence-electron chi connectivity index (χ1n) is 9.44. The Morgan fingerprint density at radius 3 is 1.30 bits per heavy atom. The third kappa shape index (κ3) is 14.6. The zero-order valence-corrected chi connectivity index (χ0v) is 17.1. The first-order valence-corrected chi connectivity index (χ1v) is 10.9. The van der Waals surface area contributed by atoms with Crippen molar-refractivity contribution in [2.45, 2.75) is 90.4 Å². The van der Waals surface area contributed by atoms with Gasteiger partial charge in [-0.25, -0.2) is 0 Å². The smallest absolute Gasteiger partial charge is 0.0779 e. The Bertz CT molecular complexity index is 192. The SMILES string of the molecule is CCCCCCCCCCCCCCC[N+](C)(C)C[SiH3]. The molecule has 122 valence electrons. The molecule has 0 heterocycles. The molecule has 0 aliphatic heterocycles. The van der Waals surface area contributed by atoms with Crippen LogP contribution >= 0.6 is 0 Å². The summed E-state index contributed by atoms with van der Waals surface area (Å²) in [5.74, 6) is 0. The highest BCUT2D eigenvalue weighted by atomic mass is 28.1. The van der Waals surface area contributed by atoms with Crippen LogP contribution in [0.3, 0.4) is 0 Å². The van der Waals surface area contributed by atoms with Gasteiger partial charge >= 0.3 is 0 Å². The second kappa shape index (κ2) is 14.1. The van der Waals surface area contributed by atoms with E-state index >= 15 is 0 Å². The zero-order valence-electron chi connectivity index (χ0n) is 15.1. The number of nitrogens with zero attached hydrogens (tertiary/aromatic N) is 1. The quantitative estimate of drug-likeness (QED) is 0.238. The topological polar surface area (TPSA) is 0 Å². The molecule has 0 saturated carbocycles. The third-order valence-electron chi connectivity index (χ3n) is 4.72. The normalized spacial score (nSPS) is 12.2. The molecule has 0 saturated heterocycles. The Balaban J connectivity index is 3.06. The molecule has 2 heteroatoms. The first kappa shape index (κ1) is 20.2. The van der Waals surface area contributed by atoms with Crippen LogP contribution in [0.15, 0.2) is 0 Å². The van der Waals surface area contributed by atoms with Gasteiger partial charge in [0.05, 0.1) is 37.1 Å². The van der Waals surface area contributed by atoms with Gasteiger partial charge in [-0.1, -0.05) is 77.6 Å². The molecule has 1 nitrogen and oxygen atoms in total. The van der Waals surface area contributed by atoms with E-state index in [2.05, 4.69) is 21.0 Å². The molecule has 0 amide bonds. The lowest BCUT2D eigenvalue weighted by Gasteiger charge is -2.28. The molecule has 0 unspecified atom stereocenters. The van der Waals surface area contributed by atoms with Crippen molar-refractivity contribution in [2.24, 2.45) is 0 Å². The minimum atomic E-state index is 1.25. The van der Waals surface area contributed by atoms with Gasteiger partial charge < -0.3 is 4.48 Å². The molecule has 0 aromatic carbocycles. The summed E-state index contributed by atoms with van der Waals surface area (Å²) in [6.45, 7) is 3.69. The van der Waals surface area contributed by atoms with Crippen molar-refractivity contribution in [2.75, 3.05) is 26.8 Å². The van der Waals surface area contributed by atoms with Crippen molar-refractivity contribution in [3.05, 3.63) is 0 Å². The van der Waals surface area contributed by atoms with Gasteiger partial charge in [0.2, 0.25) is 0 Å². The van der Waals surface area contributed by atoms with E-state index in [9.17, 15) is 0 Å². The molecule has 0 aromatic heterocycles. The molecule has 20 heavy (non-hydrogen) atoms. The van der Waals surface area contributed by atoms with Gasteiger partial charge in [-0.3, -0.25) is 0 Å². The van der Waals surface area contributed by atoms with Crippen molar-refractivity contribution in [1.29, 1.82) is 0 Å². The van der Waals surface area contributed by atoms with Crippen LogP contribution in [0.25, 0.3) is 0 Å². The zero-order chi connectivity index (χ0) is 15.1. The maximum Gasteiger partial charge on any atom is 0.0779 e. The second-order valence-electron chi connectivity index (χ2n) is 7.22. The van der Waals surface area contributed by atoms with Gasteiger partial charge in [-0.15, -0.1) is 0 Å². The summed E-state index contributed by atoms with van der Waals surface area (Å²) < 4.78 is 1.25. The largest absolute Gasteiger partial charge is 0.333 e. The molecule has 0 bridgehead atoms. The molecule has 0 aromatic rings. The summed E-state index contributed by atoms with van der Waals surface area (Å²) in [5.41, 5.74) is 0. The Kier molecular flexibility index (Phi) is 14.3. The summed E-state index contributed by atoms with van der Waals surface area (Å²) in [5, 5.41) is 0. The van der Waals surface area contributed by atoms with Crippen LogP contribution in [-0.4, -0.2) is 41.5 Å². The highest BCUT2D eigenvalue weighted by molar-refractivity contribution is 6.08.